The number of alkyl halides is 4. The summed E-state index contributed by atoms with van der Waals surface area (Å²) in [7, 11) is 0. The fraction of sp³-hybridized carbons (Fsp3) is 0.857. The molecule has 0 aliphatic rings. The molecular weight excluding hydrogens is 204 g/mol. The average molecular weight is 216 g/mol. The molecule has 0 atom stereocenters. The van der Waals surface area contributed by atoms with E-state index in [1.165, 1.54) is 0 Å². The van der Waals surface area contributed by atoms with Crippen molar-refractivity contribution in [3.8, 4) is 0 Å². The van der Waals surface area contributed by atoms with E-state index >= 15 is 0 Å². The van der Waals surface area contributed by atoms with Gasteiger partial charge in [0.15, 0.2) is 0 Å². The lowest BCUT2D eigenvalue weighted by Crippen LogP contribution is -2.46. The van der Waals surface area contributed by atoms with Gasteiger partial charge < -0.3 is 10.6 Å². The summed E-state index contributed by atoms with van der Waals surface area (Å²) in [4.78, 5) is 10.7. The van der Waals surface area contributed by atoms with Gasteiger partial charge in [-0.15, -0.1) is 0 Å². The molecule has 2 N–H and O–H groups in total. The summed E-state index contributed by atoms with van der Waals surface area (Å²) in [6.07, 6.45) is -3.78. The maximum atomic E-state index is 12.3. The summed E-state index contributed by atoms with van der Waals surface area (Å²) in [5.41, 5.74) is 0. The van der Waals surface area contributed by atoms with Gasteiger partial charge in [0.2, 0.25) is 0 Å². The summed E-state index contributed by atoms with van der Waals surface area (Å²) in [6.45, 7) is 1.86. The van der Waals surface area contributed by atoms with Crippen LogP contribution in [0.5, 0.6) is 0 Å². The van der Waals surface area contributed by atoms with Gasteiger partial charge in [0.1, 0.15) is 0 Å². The Morgan fingerprint density at radius 3 is 2.21 bits per heavy atom. The van der Waals surface area contributed by atoms with E-state index in [0.717, 1.165) is 0 Å². The molecule has 0 heterocycles. The molecule has 0 saturated heterocycles. The molecule has 0 spiro atoms. The largest absolute Gasteiger partial charge is 0.336 e. The second-order valence-electron chi connectivity index (χ2n) is 3.04. The van der Waals surface area contributed by atoms with E-state index in [4.69, 9.17) is 0 Å². The molecule has 0 saturated carbocycles. The van der Waals surface area contributed by atoms with Crippen molar-refractivity contribution < 1.29 is 22.4 Å². The Kier molecular flexibility index (Phi) is 4.65. The van der Waals surface area contributed by atoms with Gasteiger partial charge in [0, 0.05) is 6.04 Å². The maximum Gasteiger partial charge on any atom is 0.324 e. The fourth-order valence-corrected chi connectivity index (χ4v) is 0.588. The van der Waals surface area contributed by atoms with Gasteiger partial charge in [-0.2, -0.15) is 8.78 Å². The monoisotopic (exact) mass is 216 g/mol. The molecule has 2 amide bonds. The van der Waals surface area contributed by atoms with Crippen LogP contribution in [-0.4, -0.2) is 31.0 Å². The standard InChI is InChI=1S/C7H12F4N2O/c1-4(2)13-6(14)12-3-7(10,11)5(8)9/h4-5H,3H2,1-2H3,(H2,12,13,14). The third-order valence-electron chi connectivity index (χ3n) is 1.22. The highest BCUT2D eigenvalue weighted by Crippen LogP contribution is 2.21. The zero-order valence-corrected chi connectivity index (χ0v) is 7.78. The van der Waals surface area contributed by atoms with E-state index in [2.05, 4.69) is 5.32 Å². The van der Waals surface area contributed by atoms with Crippen molar-refractivity contribution in [1.29, 1.82) is 0 Å². The topological polar surface area (TPSA) is 41.1 Å². The predicted octanol–water partition coefficient (Wildman–Crippen LogP) is 1.59. The second kappa shape index (κ2) is 5.02. The quantitative estimate of drug-likeness (QED) is 0.688. The molecule has 7 heteroatoms. The molecule has 0 fully saturated rings. The van der Waals surface area contributed by atoms with Crippen molar-refractivity contribution in [2.75, 3.05) is 6.54 Å². The average Bonchev–Trinajstić information content (AvgIpc) is 1.99. The number of hydrogen-bond donors (Lipinski definition) is 2. The van der Waals surface area contributed by atoms with Gasteiger partial charge in [-0.25, -0.2) is 13.6 Å². The molecule has 3 nitrogen and oxygen atoms in total. The van der Waals surface area contributed by atoms with Crippen LogP contribution in [0.25, 0.3) is 0 Å². The van der Waals surface area contributed by atoms with Crippen molar-refractivity contribution in [3.63, 3.8) is 0 Å². The molecule has 84 valence electrons. The van der Waals surface area contributed by atoms with Gasteiger partial charge in [-0.1, -0.05) is 0 Å². The van der Waals surface area contributed by atoms with Gasteiger partial charge in [0.05, 0.1) is 6.54 Å². The molecule has 0 radical (unpaired) electrons. The zero-order valence-electron chi connectivity index (χ0n) is 7.78. The van der Waals surface area contributed by atoms with Crippen LogP contribution >= 0.6 is 0 Å². The van der Waals surface area contributed by atoms with Crippen LogP contribution < -0.4 is 10.6 Å². The number of nitrogens with one attached hydrogen (secondary N) is 2. The Morgan fingerprint density at radius 2 is 1.86 bits per heavy atom. The van der Waals surface area contributed by atoms with E-state index in [1.54, 1.807) is 19.2 Å². The van der Waals surface area contributed by atoms with Crippen molar-refractivity contribution >= 4 is 6.03 Å². The third kappa shape index (κ3) is 4.88. The van der Waals surface area contributed by atoms with Crippen molar-refractivity contribution in [3.05, 3.63) is 0 Å². The lowest BCUT2D eigenvalue weighted by molar-refractivity contribution is -0.123. The van der Waals surface area contributed by atoms with Crippen LogP contribution in [0.2, 0.25) is 0 Å². The van der Waals surface area contributed by atoms with Gasteiger partial charge in [-0.3, -0.25) is 0 Å². The summed E-state index contributed by atoms with van der Waals surface area (Å²) < 4.78 is 47.7. The number of carbonyl (C=O) groups excluding carboxylic acids is 1. The Balaban J connectivity index is 3.88. The Bertz CT molecular complexity index is 196. The number of carbonyl (C=O) groups is 1. The molecular formula is C7H12F4N2O. The van der Waals surface area contributed by atoms with Crippen LogP contribution in [-0.2, 0) is 0 Å². The van der Waals surface area contributed by atoms with Crippen molar-refractivity contribution in [2.24, 2.45) is 0 Å². The van der Waals surface area contributed by atoms with E-state index < -0.39 is 24.9 Å². The minimum Gasteiger partial charge on any atom is -0.336 e. The summed E-state index contributed by atoms with van der Waals surface area (Å²) in [5.74, 6) is -4.19. The fourth-order valence-electron chi connectivity index (χ4n) is 0.588. The van der Waals surface area contributed by atoms with Gasteiger partial charge >= 0.3 is 18.4 Å². The highest BCUT2D eigenvalue weighted by Gasteiger charge is 2.40. The van der Waals surface area contributed by atoms with Gasteiger partial charge in [0.25, 0.3) is 0 Å². The van der Waals surface area contributed by atoms with Gasteiger partial charge in [-0.05, 0) is 13.8 Å². The molecule has 0 bridgehead atoms. The van der Waals surface area contributed by atoms with Crippen LogP contribution in [0.4, 0.5) is 22.4 Å². The number of halogens is 4. The molecule has 0 aromatic carbocycles. The summed E-state index contributed by atoms with van der Waals surface area (Å²) in [5, 5.41) is 3.88. The Labute approximate surface area is 78.9 Å². The summed E-state index contributed by atoms with van der Waals surface area (Å²) in [6, 6.07) is -1.13. The van der Waals surface area contributed by atoms with Crippen LogP contribution in [0, 0.1) is 0 Å². The lowest BCUT2D eigenvalue weighted by Gasteiger charge is -2.16. The number of rotatable bonds is 4. The number of urea groups is 1. The maximum absolute atomic E-state index is 12.3. The third-order valence-corrected chi connectivity index (χ3v) is 1.22. The molecule has 0 aliphatic carbocycles. The highest BCUT2D eigenvalue weighted by atomic mass is 19.3. The predicted molar refractivity (Wildman–Crippen MR) is 42.6 cm³/mol. The summed E-state index contributed by atoms with van der Waals surface area (Å²) >= 11 is 0. The minimum atomic E-state index is -4.19. The first kappa shape index (κ1) is 13.0. The smallest absolute Gasteiger partial charge is 0.324 e. The lowest BCUT2D eigenvalue weighted by atomic mass is 10.3. The molecule has 0 aromatic heterocycles. The van der Waals surface area contributed by atoms with Crippen LogP contribution in [0.1, 0.15) is 13.8 Å². The normalized spacial score (nSPS) is 12.0. The molecule has 0 rings (SSSR count). The molecule has 0 aliphatic heterocycles. The molecule has 0 unspecified atom stereocenters. The van der Waals surface area contributed by atoms with E-state index in [9.17, 15) is 22.4 Å². The molecule has 14 heavy (non-hydrogen) atoms. The Hall–Kier alpha value is -1.01. The van der Waals surface area contributed by atoms with Crippen LogP contribution in [0.3, 0.4) is 0 Å². The second-order valence-corrected chi connectivity index (χ2v) is 3.04. The van der Waals surface area contributed by atoms with E-state index in [0.29, 0.717) is 0 Å². The SMILES string of the molecule is CC(C)NC(=O)NCC(F)(F)C(F)F. The van der Waals surface area contributed by atoms with Crippen LogP contribution in [0.15, 0.2) is 0 Å². The Morgan fingerprint density at radius 1 is 1.36 bits per heavy atom. The minimum absolute atomic E-state index is 0.241. The molecule has 0 aromatic rings. The van der Waals surface area contributed by atoms with E-state index in [-0.39, 0.29) is 6.04 Å². The first-order chi connectivity index (χ1) is 6.25. The van der Waals surface area contributed by atoms with Crippen molar-refractivity contribution in [1.82, 2.24) is 10.6 Å². The number of hydrogen-bond acceptors (Lipinski definition) is 1. The van der Waals surface area contributed by atoms with Crippen molar-refractivity contribution in [2.45, 2.75) is 32.2 Å². The first-order valence-electron chi connectivity index (χ1n) is 3.96. The first-order valence-corrected chi connectivity index (χ1v) is 3.96. The van der Waals surface area contributed by atoms with E-state index in [1.807, 2.05) is 0 Å². The zero-order chi connectivity index (χ0) is 11.4. The highest BCUT2D eigenvalue weighted by molar-refractivity contribution is 5.74. The number of amides is 2.